The fourth-order valence-electron chi connectivity index (χ4n) is 1.02. The van der Waals surface area contributed by atoms with Crippen LogP contribution in [-0.4, -0.2) is 29.5 Å². The van der Waals surface area contributed by atoms with E-state index in [1.165, 1.54) is 11.3 Å². The fourth-order valence-corrected chi connectivity index (χ4v) is 1.74. The van der Waals surface area contributed by atoms with E-state index in [0.29, 0.717) is 17.4 Å². The summed E-state index contributed by atoms with van der Waals surface area (Å²) in [7, 11) is 0. The Balaban J connectivity index is 2.53. The van der Waals surface area contributed by atoms with Crippen LogP contribution < -0.4 is 11.1 Å². The SMILES string of the molecule is CCOC(=O)Cc1csc(NC(=O)[C@@H](C)N)n1. The maximum absolute atomic E-state index is 11.3. The molecule has 0 saturated carbocycles. The standard InChI is InChI=1S/C10H15N3O3S/c1-3-16-8(14)4-7-5-17-10(12-7)13-9(15)6(2)11/h5-6H,3-4,11H2,1-2H3,(H,12,13,15)/t6-/m1/s1. The minimum atomic E-state index is -0.590. The van der Waals surface area contributed by atoms with Crippen LogP contribution in [0.5, 0.6) is 0 Å². The first-order chi connectivity index (χ1) is 8.02. The monoisotopic (exact) mass is 257 g/mol. The van der Waals surface area contributed by atoms with Crippen molar-refractivity contribution in [3.63, 3.8) is 0 Å². The van der Waals surface area contributed by atoms with Crippen molar-refractivity contribution in [3.8, 4) is 0 Å². The maximum atomic E-state index is 11.3. The number of ether oxygens (including phenoxy) is 1. The van der Waals surface area contributed by atoms with Crippen molar-refractivity contribution in [1.82, 2.24) is 4.98 Å². The zero-order valence-electron chi connectivity index (χ0n) is 9.73. The third-order valence-corrected chi connectivity index (χ3v) is 2.63. The van der Waals surface area contributed by atoms with Gasteiger partial charge in [0.15, 0.2) is 5.13 Å². The van der Waals surface area contributed by atoms with Crippen molar-refractivity contribution in [1.29, 1.82) is 0 Å². The van der Waals surface area contributed by atoms with E-state index in [-0.39, 0.29) is 18.3 Å². The molecule has 1 aromatic heterocycles. The first-order valence-corrected chi connectivity index (χ1v) is 6.07. The number of thiazole rings is 1. The second-order valence-corrected chi connectivity index (χ2v) is 4.26. The Morgan fingerprint density at radius 3 is 2.94 bits per heavy atom. The average molecular weight is 257 g/mol. The molecule has 0 unspecified atom stereocenters. The largest absolute Gasteiger partial charge is 0.466 e. The predicted molar refractivity (Wildman–Crippen MR) is 64.7 cm³/mol. The Morgan fingerprint density at radius 1 is 1.65 bits per heavy atom. The van der Waals surface area contributed by atoms with Gasteiger partial charge in [-0.2, -0.15) is 0 Å². The lowest BCUT2D eigenvalue weighted by atomic mass is 10.3. The molecule has 0 fully saturated rings. The zero-order valence-corrected chi connectivity index (χ0v) is 10.5. The summed E-state index contributed by atoms with van der Waals surface area (Å²) >= 11 is 1.25. The predicted octanol–water partition coefficient (Wildman–Crippen LogP) is 0.534. The summed E-state index contributed by atoms with van der Waals surface area (Å²) in [4.78, 5) is 26.6. The molecule has 1 heterocycles. The number of nitrogens with zero attached hydrogens (tertiary/aromatic N) is 1. The number of rotatable bonds is 5. The van der Waals surface area contributed by atoms with Gasteiger partial charge in [0.2, 0.25) is 5.91 Å². The van der Waals surface area contributed by atoms with Crippen LogP contribution >= 0.6 is 11.3 Å². The third kappa shape index (κ3) is 4.49. The molecule has 0 aromatic carbocycles. The summed E-state index contributed by atoms with van der Waals surface area (Å²) in [6.45, 7) is 3.67. The average Bonchev–Trinajstić information content (AvgIpc) is 2.65. The molecule has 94 valence electrons. The number of carbonyl (C=O) groups is 2. The Bertz CT molecular complexity index is 403. The van der Waals surface area contributed by atoms with Gasteiger partial charge in [-0.15, -0.1) is 11.3 Å². The van der Waals surface area contributed by atoms with Gasteiger partial charge in [-0.05, 0) is 13.8 Å². The molecule has 7 heteroatoms. The minimum absolute atomic E-state index is 0.110. The molecule has 0 spiro atoms. The van der Waals surface area contributed by atoms with Crippen molar-refractivity contribution in [2.45, 2.75) is 26.3 Å². The number of nitrogens with two attached hydrogens (primary N) is 1. The van der Waals surface area contributed by atoms with Gasteiger partial charge >= 0.3 is 5.97 Å². The second-order valence-electron chi connectivity index (χ2n) is 3.40. The highest BCUT2D eigenvalue weighted by atomic mass is 32.1. The number of anilines is 1. The van der Waals surface area contributed by atoms with Crippen molar-refractivity contribution in [2.24, 2.45) is 5.73 Å². The molecule has 17 heavy (non-hydrogen) atoms. The van der Waals surface area contributed by atoms with Crippen LogP contribution in [0.4, 0.5) is 5.13 Å². The van der Waals surface area contributed by atoms with Gasteiger partial charge in [-0.1, -0.05) is 0 Å². The summed E-state index contributed by atoms with van der Waals surface area (Å²) in [5.41, 5.74) is 5.98. The Morgan fingerprint density at radius 2 is 2.35 bits per heavy atom. The van der Waals surface area contributed by atoms with Crippen LogP contribution in [0.25, 0.3) is 0 Å². The molecule has 1 aromatic rings. The number of nitrogens with one attached hydrogen (secondary N) is 1. The molecular weight excluding hydrogens is 242 g/mol. The van der Waals surface area contributed by atoms with Crippen LogP contribution in [0.3, 0.4) is 0 Å². The molecule has 0 aliphatic rings. The number of hydrogen-bond donors (Lipinski definition) is 2. The van der Waals surface area contributed by atoms with Gasteiger partial charge in [0.1, 0.15) is 0 Å². The highest BCUT2D eigenvalue weighted by Crippen LogP contribution is 2.16. The Labute approximate surface area is 103 Å². The molecular formula is C10H15N3O3S. The van der Waals surface area contributed by atoms with E-state index in [0.717, 1.165) is 0 Å². The fraction of sp³-hybridized carbons (Fsp3) is 0.500. The van der Waals surface area contributed by atoms with Crippen LogP contribution in [0, 0.1) is 0 Å². The lowest BCUT2D eigenvalue weighted by Crippen LogP contribution is -2.32. The first kappa shape index (κ1) is 13.6. The number of hydrogen-bond acceptors (Lipinski definition) is 6. The summed E-state index contributed by atoms with van der Waals surface area (Å²) in [6, 6.07) is -0.590. The van der Waals surface area contributed by atoms with Crippen LogP contribution in [-0.2, 0) is 20.7 Å². The minimum Gasteiger partial charge on any atom is -0.466 e. The molecule has 3 N–H and O–H groups in total. The first-order valence-electron chi connectivity index (χ1n) is 5.19. The summed E-state index contributed by atoms with van der Waals surface area (Å²) in [6.07, 6.45) is 0.110. The van der Waals surface area contributed by atoms with Gasteiger partial charge in [-0.25, -0.2) is 4.98 Å². The van der Waals surface area contributed by atoms with Gasteiger partial charge in [0.05, 0.1) is 24.8 Å². The maximum Gasteiger partial charge on any atom is 0.311 e. The topological polar surface area (TPSA) is 94.3 Å². The van der Waals surface area contributed by atoms with E-state index < -0.39 is 6.04 Å². The number of aromatic nitrogens is 1. The van der Waals surface area contributed by atoms with Crippen molar-refractivity contribution < 1.29 is 14.3 Å². The van der Waals surface area contributed by atoms with Crippen LogP contribution in [0.15, 0.2) is 5.38 Å². The molecule has 0 radical (unpaired) electrons. The van der Waals surface area contributed by atoms with E-state index in [1.54, 1.807) is 19.2 Å². The molecule has 0 aliphatic carbocycles. The highest BCUT2D eigenvalue weighted by Gasteiger charge is 2.12. The van der Waals surface area contributed by atoms with E-state index in [4.69, 9.17) is 10.5 Å². The van der Waals surface area contributed by atoms with Crippen molar-refractivity contribution >= 4 is 28.3 Å². The van der Waals surface area contributed by atoms with Crippen molar-refractivity contribution in [2.75, 3.05) is 11.9 Å². The zero-order chi connectivity index (χ0) is 12.8. The molecule has 1 amide bonds. The number of carbonyl (C=O) groups excluding carboxylic acids is 2. The van der Waals surface area contributed by atoms with E-state index >= 15 is 0 Å². The molecule has 6 nitrogen and oxygen atoms in total. The Kier molecular flexibility index (Phi) is 5.05. The van der Waals surface area contributed by atoms with Gasteiger partial charge in [0, 0.05) is 5.38 Å². The number of esters is 1. The third-order valence-electron chi connectivity index (χ3n) is 1.83. The van der Waals surface area contributed by atoms with Crippen molar-refractivity contribution in [3.05, 3.63) is 11.1 Å². The highest BCUT2D eigenvalue weighted by molar-refractivity contribution is 7.13. The molecule has 1 rings (SSSR count). The van der Waals surface area contributed by atoms with E-state index in [2.05, 4.69) is 10.3 Å². The lowest BCUT2D eigenvalue weighted by molar-refractivity contribution is -0.142. The number of amides is 1. The normalized spacial score (nSPS) is 11.9. The summed E-state index contributed by atoms with van der Waals surface area (Å²) in [5.74, 6) is -0.634. The molecule has 0 aliphatic heterocycles. The Hall–Kier alpha value is -1.47. The van der Waals surface area contributed by atoms with Crippen LogP contribution in [0.2, 0.25) is 0 Å². The lowest BCUT2D eigenvalue weighted by Gasteiger charge is -2.03. The van der Waals surface area contributed by atoms with Gasteiger partial charge in [-0.3, -0.25) is 9.59 Å². The van der Waals surface area contributed by atoms with Crippen LogP contribution in [0.1, 0.15) is 19.5 Å². The molecule has 1 atom stereocenters. The molecule has 0 saturated heterocycles. The van der Waals surface area contributed by atoms with Gasteiger partial charge < -0.3 is 15.8 Å². The summed E-state index contributed by atoms with van der Waals surface area (Å²) < 4.78 is 4.79. The quantitative estimate of drug-likeness (QED) is 0.750. The smallest absolute Gasteiger partial charge is 0.311 e. The second kappa shape index (κ2) is 6.31. The molecule has 0 bridgehead atoms. The van der Waals surface area contributed by atoms with E-state index in [9.17, 15) is 9.59 Å². The van der Waals surface area contributed by atoms with E-state index in [1.807, 2.05) is 0 Å². The summed E-state index contributed by atoms with van der Waals surface area (Å²) in [5, 5.41) is 4.70. The van der Waals surface area contributed by atoms with Gasteiger partial charge in [0.25, 0.3) is 0 Å².